The van der Waals surface area contributed by atoms with Crippen LogP contribution in [-0.4, -0.2) is 0 Å². The van der Waals surface area contributed by atoms with Crippen molar-refractivity contribution in [2.75, 3.05) is 0 Å². The first-order valence-electron chi connectivity index (χ1n) is 5.28. The summed E-state index contributed by atoms with van der Waals surface area (Å²) in [5.41, 5.74) is 2.64. The molecule has 0 nitrogen and oxygen atoms in total. The Balaban J connectivity index is 2.99. The maximum Gasteiger partial charge on any atom is 0.0230 e. The fourth-order valence-electron chi connectivity index (χ4n) is 1.59. The molecular formula is C14H18Br. The van der Waals surface area contributed by atoms with Crippen LogP contribution in [0.25, 0.3) is 0 Å². The molecule has 0 N–H and O–H groups in total. The SMILES string of the molecule is C=C[C](C)c1cc(Br)cc(CC(C)C)c1. The van der Waals surface area contributed by atoms with E-state index in [1.54, 1.807) is 0 Å². The highest BCUT2D eigenvalue weighted by Crippen LogP contribution is 2.23. The molecule has 15 heavy (non-hydrogen) atoms. The van der Waals surface area contributed by atoms with E-state index in [-0.39, 0.29) is 0 Å². The molecule has 0 fully saturated rings. The number of hydrogen-bond donors (Lipinski definition) is 0. The fraction of sp³-hybridized carbons (Fsp3) is 0.357. The van der Waals surface area contributed by atoms with Gasteiger partial charge in [-0.3, -0.25) is 0 Å². The second-order valence-electron chi connectivity index (χ2n) is 4.33. The van der Waals surface area contributed by atoms with Crippen molar-refractivity contribution < 1.29 is 0 Å². The number of halogens is 1. The van der Waals surface area contributed by atoms with Gasteiger partial charge in [0.05, 0.1) is 0 Å². The van der Waals surface area contributed by atoms with Crippen LogP contribution >= 0.6 is 15.9 Å². The molecule has 0 atom stereocenters. The minimum Gasteiger partial charge on any atom is -0.102 e. The summed E-state index contributed by atoms with van der Waals surface area (Å²) in [4.78, 5) is 0. The minimum atomic E-state index is 0.691. The van der Waals surface area contributed by atoms with Crippen molar-refractivity contribution in [1.82, 2.24) is 0 Å². The summed E-state index contributed by atoms with van der Waals surface area (Å²) >= 11 is 3.55. The van der Waals surface area contributed by atoms with Crippen molar-refractivity contribution in [2.45, 2.75) is 27.2 Å². The lowest BCUT2D eigenvalue weighted by Gasteiger charge is -2.11. The standard InChI is InChI=1S/C14H18Br/c1-5-11(4)13-7-12(6-10(2)3)8-14(15)9-13/h5,7-10H,1,6H2,2-4H3. The molecule has 0 saturated heterocycles. The van der Waals surface area contributed by atoms with Gasteiger partial charge in [0.25, 0.3) is 0 Å². The van der Waals surface area contributed by atoms with Crippen LogP contribution in [0.3, 0.4) is 0 Å². The third kappa shape index (κ3) is 3.83. The first kappa shape index (κ1) is 12.5. The largest absolute Gasteiger partial charge is 0.102 e. The highest BCUT2D eigenvalue weighted by Gasteiger charge is 2.06. The van der Waals surface area contributed by atoms with E-state index >= 15 is 0 Å². The fourth-order valence-corrected chi connectivity index (χ4v) is 2.13. The minimum absolute atomic E-state index is 0.691. The molecule has 0 amide bonds. The molecule has 0 heterocycles. The van der Waals surface area contributed by atoms with E-state index in [1.807, 2.05) is 6.08 Å². The van der Waals surface area contributed by atoms with Gasteiger partial charge in [-0.1, -0.05) is 48.8 Å². The summed E-state index contributed by atoms with van der Waals surface area (Å²) in [6.45, 7) is 10.4. The molecule has 1 aromatic carbocycles. The zero-order chi connectivity index (χ0) is 11.4. The van der Waals surface area contributed by atoms with Gasteiger partial charge in [0, 0.05) is 10.4 Å². The monoisotopic (exact) mass is 265 g/mol. The van der Waals surface area contributed by atoms with Gasteiger partial charge in [-0.25, -0.2) is 0 Å². The van der Waals surface area contributed by atoms with Crippen LogP contribution in [0.5, 0.6) is 0 Å². The normalized spacial score (nSPS) is 11.1. The zero-order valence-electron chi connectivity index (χ0n) is 9.68. The summed E-state index contributed by atoms with van der Waals surface area (Å²) in [5, 5.41) is 0. The molecule has 0 bridgehead atoms. The Morgan fingerprint density at radius 2 is 2.07 bits per heavy atom. The Labute approximate surface area is 102 Å². The van der Waals surface area contributed by atoms with Gasteiger partial charge in [0.1, 0.15) is 0 Å². The second kappa shape index (κ2) is 5.50. The molecule has 0 aromatic heterocycles. The maximum absolute atomic E-state index is 3.80. The van der Waals surface area contributed by atoms with Crippen molar-refractivity contribution in [3.05, 3.63) is 52.4 Å². The topological polar surface area (TPSA) is 0 Å². The average Bonchev–Trinajstić information content (AvgIpc) is 2.14. The lowest BCUT2D eigenvalue weighted by atomic mass is 9.96. The Kier molecular flexibility index (Phi) is 4.59. The molecule has 1 heteroatoms. The quantitative estimate of drug-likeness (QED) is 0.736. The Morgan fingerprint density at radius 3 is 2.60 bits per heavy atom. The number of allylic oxidation sites excluding steroid dienone is 1. The first-order chi connectivity index (χ1) is 7.02. The van der Waals surface area contributed by atoms with Gasteiger partial charge < -0.3 is 0 Å². The molecule has 0 aliphatic carbocycles. The van der Waals surface area contributed by atoms with Crippen LogP contribution < -0.4 is 0 Å². The number of hydrogen-bond acceptors (Lipinski definition) is 0. The Hall–Kier alpha value is -0.560. The van der Waals surface area contributed by atoms with Gasteiger partial charge in [0.2, 0.25) is 0 Å². The van der Waals surface area contributed by atoms with Crippen LogP contribution in [0.15, 0.2) is 35.3 Å². The predicted molar refractivity (Wildman–Crippen MR) is 70.9 cm³/mol. The van der Waals surface area contributed by atoms with Crippen molar-refractivity contribution in [2.24, 2.45) is 5.92 Å². The summed E-state index contributed by atoms with van der Waals surface area (Å²) < 4.78 is 1.15. The summed E-state index contributed by atoms with van der Waals surface area (Å²) in [7, 11) is 0. The zero-order valence-corrected chi connectivity index (χ0v) is 11.3. The predicted octanol–water partition coefficient (Wildman–Crippen LogP) is 4.78. The van der Waals surface area contributed by atoms with Crippen LogP contribution in [0.2, 0.25) is 0 Å². The van der Waals surface area contributed by atoms with E-state index < -0.39 is 0 Å². The average molecular weight is 266 g/mol. The highest BCUT2D eigenvalue weighted by atomic mass is 79.9. The summed E-state index contributed by atoms with van der Waals surface area (Å²) in [6, 6.07) is 6.59. The summed E-state index contributed by atoms with van der Waals surface area (Å²) in [5.74, 6) is 1.91. The third-order valence-corrected chi connectivity index (χ3v) is 2.82. The molecular weight excluding hydrogens is 248 g/mol. The Bertz CT molecular complexity index is 339. The Morgan fingerprint density at radius 1 is 1.40 bits per heavy atom. The highest BCUT2D eigenvalue weighted by molar-refractivity contribution is 9.10. The molecule has 0 spiro atoms. The smallest absolute Gasteiger partial charge is 0.0230 e. The molecule has 0 saturated carbocycles. The molecule has 1 rings (SSSR count). The van der Waals surface area contributed by atoms with Crippen molar-refractivity contribution in [3.8, 4) is 0 Å². The molecule has 1 radical (unpaired) electrons. The van der Waals surface area contributed by atoms with E-state index in [9.17, 15) is 0 Å². The van der Waals surface area contributed by atoms with Crippen molar-refractivity contribution in [1.29, 1.82) is 0 Å². The van der Waals surface area contributed by atoms with Crippen LogP contribution in [-0.2, 0) is 6.42 Å². The molecule has 81 valence electrons. The van der Waals surface area contributed by atoms with Crippen LogP contribution in [0.1, 0.15) is 31.9 Å². The van der Waals surface area contributed by atoms with Gasteiger partial charge in [-0.15, -0.1) is 6.58 Å². The van der Waals surface area contributed by atoms with Crippen molar-refractivity contribution in [3.63, 3.8) is 0 Å². The van der Waals surface area contributed by atoms with E-state index in [4.69, 9.17) is 0 Å². The molecule has 0 unspecified atom stereocenters. The van der Waals surface area contributed by atoms with Crippen LogP contribution in [0, 0.1) is 11.8 Å². The first-order valence-corrected chi connectivity index (χ1v) is 6.08. The number of benzene rings is 1. The van der Waals surface area contributed by atoms with E-state index in [0.29, 0.717) is 5.92 Å². The van der Waals surface area contributed by atoms with Gasteiger partial charge in [-0.05, 0) is 35.6 Å². The van der Waals surface area contributed by atoms with E-state index in [1.165, 1.54) is 17.0 Å². The molecule has 1 aromatic rings. The van der Waals surface area contributed by atoms with Gasteiger partial charge in [-0.2, -0.15) is 0 Å². The van der Waals surface area contributed by atoms with Gasteiger partial charge in [0.15, 0.2) is 0 Å². The lowest BCUT2D eigenvalue weighted by molar-refractivity contribution is 0.647. The third-order valence-electron chi connectivity index (χ3n) is 2.36. The second-order valence-corrected chi connectivity index (χ2v) is 5.25. The molecule has 0 aliphatic heterocycles. The maximum atomic E-state index is 3.80. The van der Waals surface area contributed by atoms with E-state index in [2.05, 4.69) is 61.5 Å². The number of rotatable bonds is 4. The molecule has 0 aliphatic rings. The lowest BCUT2D eigenvalue weighted by Crippen LogP contribution is -1.97. The van der Waals surface area contributed by atoms with Gasteiger partial charge >= 0.3 is 0 Å². The van der Waals surface area contributed by atoms with Crippen LogP contribution in [0.4, 0.5) is 0 Å². The van der Waals surface area contributed by atoms with E-state index in [0.717, 1.165) is 10.9 Å². The summed E-state index contributed by atoms with van der Waals surface area (Å²) in [6.07, 6.45) is 3.03. The van der Waals surface area contributed by atoms with Crippen molar-refractivity contribution >= 4 is 15.9 Å².